The van der Waals surface area contributed by atoms with Gasteiger partial charge in [0.05, 0.1) is 6.61 Å². The first-order valence-electron chi connectivity index (χ1n) is 5.68. The van der Waals surface area contributed by atoms with Crippen LogP contribution < -0.4 is 9.05 Å². The lowest BCUT2D eigenvalue weighted by atomic mass is 10.5. The third-order valence-electron chi connectivity index (χ3n) is 1.97. The zero-order valence-corrected chi connectivity index (χ0v) is 11.2. The minimum Gasteiger partial charge on any atom is -0.377 e. The smallest absolute Gasteiger partial charge is 0.377 e. The summed E-state index contributed by atoms with van der Waals surface area (Å²) >= 11 is 0. The molecule has 2 rings (SSSR count). The van der Waals surface area contributed by atoms with Crippen LogP contribution in [0.4, 0.5) is 0 Å². The Labute approximate surface area is 111 Å². The van der Waals surface area contributed by atoms with Crippen molar-refractivity contribution < 1.29 is 18.1 Å². The largest absolute Gasteiger partial charge is 0.590 e. The molecule has 0 aliphatic carbocycles. The van der Waals surface area contributed by atoms with Crippen molar-refractivity contribution in [2.75, 3.05) is 6.61 Å². The number of nitrogens with zero attached hydrogens (tertiary/aromatic N) is 2. The highest BCUT2D eigenvalue weighted by Gasteiger charge is 2.31. The van der Waals surface area contributed by atoms with Crippen molar-refractivity contribution in [2.24, 2.45) is 0 Å². The Balaban J connectivity index is 2.16. The number of hydrogen-bond donors (Lipinski definition) is 0. The maximum absolute atomic E-state index is 12.4. The van der Waals surface area contributed by atoms with E-state index in [0.29, 0.717) is 0 Å². The van der Waals surface area contributed by atoms with Crippen LogP contribution in [0, 0.1) is 0 Å². The summed E-state index contributed by atoms with van der Waals surface area (Å²) in [6.45, 7) is 1.87. The molecule has 2 aromatic heterocycles. The molecule has 0 radical (unpaired) electrons. The fourth-order valence-electron chi connectivity index (χ4n) is 1.26. The molecule has 0 aliphatic heterocycles. The Morgan fingerprint density at radius 3 is 1.89 bits per heavy atom. The van der Waals surface area contributed by atoms with E-state index in [9.17, 15) is 4.57 Å². The summed E-state index contributed by atoms with van der Waals surface area (Å²) < 4.78 is 27.9. The second-order valence-corrected chi connectivity index (χ2v) is 4.90. The van der Waals surface area contributed by atoms with Crippen LogP contribution in [0.5, 0.6) is 11.8 Å². The van der Waals surface area contributed by atoms with Gasteiger partial charge in [0.15, 0.2) is 0 Å². The van der Waals surface area contributed by atoms with Gasteiger partial charge in [0.1, 0.15) is 0 Å². The molecule has 0 aromatic carbocycles. The fourth-order valence-corrected chi connectivity index (χ4v) is 2.39. The Morgan fingerprint density at radius 2 is 1.53 bits per heavy atom. The number of phosphoric acid groups is 1. The molecule has 0 amide bonds. The Kier molecular flexibility index (Phi) is 4.49. The lowest BCUT2D eigenvalue weighted by molar-refractivity contribution is 0.215. The number of hydrogen-bond acceptors (Lipinski definition) is 6. The first-order valence-corrected chi connectivity index (χ1v) is 7.14. The molecule has 0 fully saturated rings. The minimum absolute atomic E-state index is 0.162. The van der Waals surface area contributed by atoms with Crippen LogP contribution in [0.15, 0.2) is 48.8 Å². The second-order valence-electron chi connectivity index (χ2n) is 3.38. The molecule has 6 nitrogen and oxygen atoms in total. The lowest BCUT2D eigenvalue weighted by Crippen LogP contribution is -2.06. The van der Waals surface area contributed by atoms with Crippen LogP contribution in [0.25, 0.3) is 0 Å². The van der Waals surface area contributed by atoms with Gasteiger partial charge in [-0.05, 0) is 19.1 Å². The van der Waals surface area contributed by atoms with Crippen molar-refractivity contribution in [3.8, 4) is 11.8 Å². The van der Waals surface area contributed by atoms with E-state index in [-0.39, 0.29) is 18.4 Å². The molecule has 0 spiro atoms. The number of phosphoric ester groups is 1. The van der Waals surface area contributed by atoms with E-state index in [1.54, 1.807) is 43.3 Å². The average Bonchev–Trinajstić information content (AvgIpc) is 2.41. The first-order chi connectivity index (χ1) is 9.22. The Bertz CT molecular complexity index is 505. The summed E-state index contributed by atoms with van der Waals surface area (Å²) in [7, 11) is -3.79. The maximum atomic E-state index is 12.4. The van der Waals surface area contributed by atoms with Gasteiger partial charge >= 0.3 is 7.82 Å². The molecule has 2 aromatic rings. The van der Waals surface area contributed by atoms with Crippen LogP contribution in [-0.4, -0.2) is 16.6 Å². The third kappa shape index (κ3) is 4.05. The predicted octanol–water partition coefficient (Wildman–Crippen LogP) is 3.08. The summed E-state index contributed by atoms with van der Waals surface area (Å²) in [6, 6.07) is 9.98. The van der Waals surface area contributed by atoms with Crippen LogP contribution >= 0.6 is 7.82 Å². The number of aromatic nitrogens is 2. The maximum Gasteiger partial charge on any atom is 0.590 e. The predicted molar refractivity (Wildman–Crippen MR) is 69.0 cm³/mol. The summed E-state index contributed by atoms with van der Waals surface area (Å²) in [5.41, 5.74) is 0. The standard InChI is InChI=1S/C12H13N2O4P/c1-2-16-19(15,17-11-7-3-5-9-13-11)18-12-8-4-6-10-14-12/h3-10H,2H2,1H3. The molecule has 0 bridgehead atoms. The summed E-state index contributed by atoms with van der Waals surface area (Å²) in [5, 5.41) is 0. The van der Waals surface area contributed by atoms with Crippen LogP contribution in [0.3, 0.4) is 0 Å². The quantitative estimate of drug-likeness (QED) is 0.757. The van der Waals surface area contributed by atoms with Gasteiger partial charge in [-0.2, -0.15) is 0 Å². The molecular weight excluding hydrogens is 267 g/mol. The van der Waals surface area contributed by atoms with Crippen LogP contribution in [-0.2, 0) is 9.09 Å². The summed E-state index contributed by atoms with van der Waals surface area (Å²) in [4.78, 5) is 7.83. The summed E-state index contributed by atoms with van der Waals surface area (Å²) in [6.07, 6.45) is 3.04. The Morgan fingerprint density at radius 1 is 1.00 bits per heavy atom. The minimum atomic E-state index is -3.79. The van der Waals surface area contributed by atoms with Gasteiger partial charge in [-0.25, -0.2) is 14.5 Å². The molecule has 100 valence electrons. The zero-order valence-electron chi connectivity index (χ0n) is 10.3. The highest BCUT2D eigenvalue weighted by Crippen LogP contribution is 2.48. The van der Waals surface area contributed by atoms with Gasteiger partial charge in [0.2, 0.25) is 11.8 Å². The molecule has 19 heavy (non-hydrogen) atoms. The average molecular weight is 280 g/mol. The molecule has 7 heteroatoms. The van der Waals surface area contributed by atoms with E-state index in [1.165, 1.54) is 12.4 Å². The molecule has 0 N–H and O–H groups in total. The number of pyridine rings is 2. The van der Waals surface area contributed by atoms with Gasteiger partial charge in [-0.1, -0.05) is 12.1 Å². The topological polar surface area (TPSA) is 70.5 Å². The summed E-state index contributed by atoms with van der Waals surface area (Å²) in [5.74, 6) is 0.324. The van der Waals surface area contributed by atoms with E-state index in [2.05, 4.69) is 9.97 Å². The van der Waals surface area contributed by atoms with Crippen LogP contribution in [0.2, 0.25) is 0 Å². The fraction of sp³-hybridized carbons (Fsp3) is 0.167. The van der Waals surface area contributed by atoms with Crippen molar-refractivity contribution in [1.82, 2.24) is 9.97 Å². The highest BCUT2D eigenvalue weighted by molar-refractivity contribution is 7.49. The van der Waals surface area contributed by atoms with Crippen molar-refractivity contribution in [3.63, 3.8) is 0 Å². The lowest BCUT2D eigenvalue weighted by Gasteiger charge is -2.16. The van der Waals surface area contributed by atoms with E-state index in [1.807, 2.05) is 0 Å². The van der Waals surface area contributed by atoms with Gasteiger partial charge in [-0.15, -0.1) is 0 Å². The van der Waals surface area contributed by atoms with Crippen LogP contribution in [0.1, 0.15) is 6.92 Å². The van der Waals surface area contributed by atoms with Gasteiger partial charge in [-0.3, -0.25) is 4.52 Å². The van der Waals surface area contributed by atoms with Crippen molar-refractivity contribution in [3.05, 3.63) is 48.8 Å². The van der Waals surface area contributed by atoms with E-state index < -0.39 is 7.82 Å². The first kappa shape index (κ1) is 13.5. The van der Waals surface area contributed by atoms with E-state index in [4.69, 9.17) is 13.6 Å². The molecule has 2 heterocycles. The Hall–Kier alpha value is -1.91. The molecule has 0 saturated carbocycles. The third-order valence-corrected chi connectivity index (χ3v) is 3.37. The van der Waals surface area contributed by atoms with Gasteiger partial charge in [0, 0.05) is 24.5 Å². The molecule has 0 aliphatic rings. The number of rotatable bonds is 6. The van der Waals surface area contributed by atoms with Gasteiger partial charge in [0.25, 0.3) is 0 Å². The highest BCUT2D eigenvalue weighted by atomic mass is 31.2. The monoisotopic (exact) mass is 280 g/mol. The zero-order chi connectivity index (χ0) is 13.6. The SMILES string of the molecule is CCOP(=O)(Oc1ccccn1)Oc1ccccn1. The molecular formula is C12H13N2O4P. The van der Waals surface area contributed by atoms with Gasteiger partial charge < -0.3 is 9.05 Å². The molecule has 0 unspecified atom stereocenters. The molecule has 0 atom stereocenters. The normalized spacial score (nSPS) is 11.0. The molecule has 0 saturated heterocycles. The van der Waals surface area contributed by atoms with E-state index in [0.717, 1.165) is 0 Å². The van der Waals surface area contributed by atoms with E-state index >= 15 is 0 Å². The van der Waals surface area contributed by atoms with Crippen molar-refractivity contribution >= 4 is 7.82 Å². The van der Waals surface area contributed by atoms with Crippen molar-refractivity contribution in [2.45, 2.75) is 6.92 Å². The second kappa shape index (κ2) is 6.31. The van der Waals surface area contributed by atoms with Crippen molar-refractivity contribution in [1.29, 1.82) is 0 Å².